The van der Waals surface area contributed by atoms with Gasteiger partial charge in [0.1, 0.15) is 5.82 Å². The minimum Gasteiger partial charge on any atom is -0.371 e. The van der Waals surface area contributed by atoms with E-state index < -0.39 is 5.69 Å². The van der Waals surface area contributed by atoms with E-state index in [2.05, 4.69) is 22.2 Å². The number of halogens is 1. The number of H-pyrrole nitrogens is 2. The molecule has 0 saturated carbocycles. The van der Waals surface area contributed by atoms with Crippen LogP contribution in [0.2, 0.25) is 0 Å². The minimum absolute atomic E-state index is 0. The van der Waals surface area contributed by atoms with Gasteiger partial charge in [0, 0.05) is 12.6 Å². The van der Waals surface area contributed by atoms with Crippen molar-refractivity contribution >= 4 is 18.2 Å². The number of rotatable bonds is 6. The van der Waals surface area contributed by atoms with Crippen LogP contribution in [-0.4, -0.2) is 16.5 Å². The highest BCUT2D eigenvalue weighted by Crippen LogP contribution is 2.00. The highest BCUT2D eigenvalue weighted by Gasteiger charge is 1.94. The molecule has 1 rings (SSSR count). The lowest BCUT2D eigenvalue weighted by molar-refractivity contribution is 0.684. The Labute approximate surface area is 100 Å². The number of nitrogens with one attached hydrogen (secondary N) is 3. The maximum Gasteiger partial charge on any atom is 0.327 e. The summed E-state index contributed by atoms with van der Waals surface area (Å²) < 4.78 is 0. The highest BCUT2D eigenvalue weighted by molar-refractivity contribution is 5.85. The number of hydrogen-bond donors (Lipinski definition) is 3. The smallest absolute Gasteiger partial charge is 0.327 e. The van der Waals surface area contributed by atoms with Crippen molar-refractivity contribution in [3.05, 3.63) is 26.9 Å². The lowest BCUT2D eigenvalue weighted by atomic mass is 10.2. The van der Waals surface area contributed by atoms with E-state index in [0.29, 0.717) is 5.82 Å². The molecule has 0 saturated heterocycles. The van der Waals surface area contributed by atoms with E-state index in [-0.39, 0.29) is 18.0 Å². The van der Waals surface area contributed by atoms with Crippen molar-refractivity contribution < 1.29 is 0 Å². The number of aromatic nitrogens is 2. The molecule has 5 nitrogen and oxygen atoms in total. The van der Waals surface area contributed by atoms with Crippen LogP contribution in [0.1, 0.15) is 32.6 Å². The topological polar surface area (TPSA) is 77.8 Å². The Morgan fingerprint density at radius 2 is 1.94 bits per heavy atom. The molecule has 0 amide bonds. The van der Waals surface area contributed by atoms with Gasteiger partial charge in [-0.25, -0.2) is 4.79 Å². The van der Waals surface area contributed by atoms with E-state index >= 15 is 0 Å². The molecule has 0 aromatic carbocycles. The zero-order chi connectivity index (χ0) is 11.1. The summed E-state index contributed by atoms with van der Waals surface area (Å²) in [6, 6.07) is 1.35. The number of unbranched alkanes of at least 4 members (excludes halogenated alkanes) is 3. The van der Waals surface area contributed by atoms with Gasteiger partial charge in [-0.3, -0.25) is 14.8 Å². The Kier molecular flexibility index (Phi) is 7.37. The molecule has 6 heteroatoms. The van der Waals surface area contributed by atoms with Gasteiger partial charge >= 0.3 is 5.69 Å². The van der Waals surface area contributed by atoms with Crippen LogP contribution in [0.25, 0.3) is 0 Å². The molecule has 0 aliphatic rings. The first-order valence-electron chi connectivity index (χ1n) is 5.30. The van der Waals surface area contributed by atoms with Gasteiger partial charge in [-0.05, 0) is 6.42 Å². The average Bonchev–Trinajstić information content (AvgIpc) is 2.16. The van der Waals surface area contributed by atoms with Crippen LogP contribution in [0.15, 0.2) is 15.7 Å². The molecule has 1 heterocycles. The minimum atomic E-state index is -0.474. The molecule has 0 unspecified atom stereocenters. The van der Waals surface area contributed by atoms with Crippen LogP contribution in [0.4, 0.5) is 5.82 Å². The Morgan fingerprint density at radius 1 is 1.19 bits per heavy atom. The SMILES string of the molecule is CCCCCCNc1cc(=O)[nH]c(=O)[nH]1.Cl. The summed E-state index contributed by atoms with van der Waals surface area (Å²) in [4.78, 5) is 26.5. The van der Waals surface area contributed by atoms with Crippen molar-refractivity contribution in [1.29, 1.82) is 0 Å². The zero-order valence-electron chi connectivity index (χ0n) is 9.34. The second-order valence-corrected chi connectivity index (χ2v) is 3.49. The van der Waals surface area contributed by atoms with Crippen LogP contribution < -0.4 is 16.6 Å². The van der Waals surface area contributed by atoms with Gasteiger partial charge in [0.05, 0.1) is 0 Å². The van der Waals surface area contributed by atoms with E-state index in [1.54, 1.807) is 0 Å². The molecule has 3 N–H and O–H groups in total. The first-order chi connectivity index (χ1) is 7.22. The molecule has 0 bridgehead atoms. The van der Waals surface area contributed by atoms with Crippen LogP contribution in [-0.2, 0) is 0 Å². The van der Waals surface area contributed by atoms with E-state index in [4.69, 9.17) is 0 Å². The second-order valence-electron chi connectivity index (χ2n) is 3.49. The predicted octanol–water partition coefficient (Wildman–Crippen LogP) is 1.48. The monoisotopic (exact) mass is 247 g/mol. The molecule has 0 aliphatic heterocycles. The third-order valence-corrected chi connectivity index (χ3v) is 2.11. The van der Waals surface area contributed by atoms with Crippen LogP contribution in [0.3, 0.4) is 0 Å². The van der Waals surface area contributed by atoms with Gasteiger partial charge in [0.2, 0.25) is 0 Å². The fraction of sp³-hybridized carbons (Fsp3) is 0.600. The molecule has 0 radical (unpaired) electrons. The van der Waals surface area contributed by atoms with Gasteiger partial charge in [0.25, 0.3) is 5.56 Å². The summed E-state index contributed by atoms with van der Waals surface area (Å²) in [5, 5.41) is 3.01. The van der Waals surface area contributed by atoms with Crippen molar-refractivity contribution in [3.8, 4) is 0 Å². The molecule has 0 atom stereocenters. The summed E-state index contributed by atoms with van der Waals surface area (Å²) in [6.45, 7) is 2.93. The first kappa shape index (κ1) is 14.8. The fourth-order valence-electron chi connectivity index (χ4n) is 1.34. The van der Waals surface area contributed by atoms with Gasteiger partial charge in [0.15, 0.2) is 0 Å². The van der Waals surface area contributed by atoms with E-state index in [0.717, 1.165) is 19.4 Å². The lowest BCUT2D eigenvalue weighted by Crippen LogP contribution is -2.23. The van der Waals surface area contributed by atoms with Gasteiger partial charge in [-0.2, -0.15) is 0 Å². The van der Waals surface area contributed by atoms with Gasteiger partial charge in [-0.1, -0.05) is 26.2 Å². The molecule has 92 valence electrons. The van der Waals surface area contributed by atoms with Crippen LogP contribution >= 0.6 is 12.4 Å². The summed E-state index contributed by atoms with van der Waals surface area (Å²) in [5.74, 6) is 0.486. The Balaban J connectivity index is 0.00000225. The summed E-state index contributed by atoms with van der Waals surface area (Å²) >= 11 is 0. The number of anilines is 1. The fourth-order valence-corrected chi connectivity index (χ4v) is 1.34. The molecule has 0 spiro atoms. The Bertz CT molecular complexity index is 371. The van der Waals surface area contributed by atoms with E-state index in [1.165, 1.54) is 18.9 Å². The molecular weight excluding hydrogens is 230 g/mol. The number of hydrogen-bond acceptors (Lipinski definition) is 3. The predicted molar refractivity (Wildman–Crippen MR) is 67.6 cm³/mol. The first-order valence-corrected chi connectivity index (χ1v) is 5.30. The zero-order valence-corrected chi connectivity index (χ0v) is 10.2. The summed E-state index contributed by atoms with van der Waals surface area (Å²) in [6.07, 6.45) is 4.62. The van der Waals surface area contributed by atoms with E-state index in [1.807, 2.05) is 0 Å². The largest absolute Gasteiger partial charge is 0.371 e. The molecular formula is C10H18ClN3O2. The number of aromatic amines is 2. The summed E-state index contributed by atoms with van der Waals surface area (Å²) in [5.41, 5.74) is -0.853. The van der Waals surface area contributed by atoms with E-state index in [9.17, 15) is 9.59 Å². The van der Waals surface area contributed by atoms with Crippen molar-refractivity contribution in [2.24, 2.45) is 0 Å². The molecule has 1 aromatic rings. The van der Waals surface area contributed by atoms with Crippen LogP contribution in [0, 0.1) is 0 Å². The Hall–Kier alpha value is -1.23. The molecule has 1 aromatic heterocycles. The molecule has 0 aliphatic carbocycles. The maximum absolute atomic E-state index is 10.9. The van der Waals surface area contributed by atoms with Crippen LogP contribution in [0.5, 0.6) is 0 Å². The van der Waals surface area contributed by atoms with Gasteiger partial charge in [-0.15, -0.1) is 12.4 Å². The second kappa shape index (κ2) is 7.98. The third-order valence-electron chi connectivity index (χ3n) is 2.11. The van der Waals surface area contributed by atoms with Crippen molar-refractivity contribution in [2.75, 3.05) is 11.9 Å². The van der Waals surface area contributed by atoms with Crippen molar-refractivity contribution in [2.45, 2.75) is 32.6 Å². The highest BCUT2D eigenvalue weighted by atomic mass is 35.5. The molecule has 16 heavy (non-hydrogen) atoms. The van der Waals surface area contributed by atoms with Crippen molar-refractivity contribution in [1.82, 2.24) is 9.97 Å². The lowest BCUT2D eigenvalue weighted by Gasteiger charge is -2.04. The Morgan fingerprint density at radius 3 is 2.56 bits per heavy atom. The third kappa shape index (κ3) is 5.60. The standard InChI is InChI=1S/C10H17N3O2.ClH/c1-2-3-4-5-6-11-8-7-9(14)13-10(15)12-8;/h7H,2-6H2,1H3,(H3,11,12,13,14,15);1H. The summed E-state index contributed by atoms with van der Waals surface area (Å²) in [7, 11) is 0. The van der Waals surface area contributed by atoms with Gasteiger partial charge < -0.3 is 5.32 Å². The van der Waals surface area contributed by atoms with Crippen molar-refractivity contribution in [3.63, 3.8) is 0 Å². The maximum atomic E-state index is 10.9. The quantitative estimate of drug-likeness (QED) is 0.667. The normalized spacial score (nSPS) is 9.56. The molecule has 0 fully saturated rings. The average molecular weight is 248 g/mol.